The number of rotatable bonds is 2. The van der Waals surface area contributed by atoms with Crippen LogP contribution < -0.4 is 10.2 Å². The van der Waals surface area contributed by atoms with E-state index in [0.717, 1.165) is 6.54 Å². The number of amides is 1. The summed E-state index contributed by atoms with van der Waals surface area (Å²) in [5.41, 5.74) is 1.09. The maximum atomic E-state index is 12.2. The van der Waals surface area contributed by atoms with Crippen LogP contribution in [0.15, 0.2) is 24.3 Å². The van der Waals surface area contributed by atoms with Crippen LogP contribution in [0, 0.1) is 11.3 Å². The molecule has 1 aliphatic rings. The fourth-order valence-corrected chi connectivity index (χ4v) is 1.92. The molecule has 1 aliphatic heterocycles. The van der Waals surface area contributed by atoms with E-state index in [0.29, 0.717) is 24.4 Å². The highest BCUT2D eigenvalue weighted by Gasteiger charge is 2.26. The van der Waals surface area contributed by atoms with Crippen molar-refractivity contribution < 1.29 is 9.53 Å². The van der Waals surface area contributed by atoms with E-state index in [-0.39, 0.29) is 5.91 Å². The molecule has 0 spiro atoms. The topological polar surface area (TPSA) is 65.4 Å². The standard InChI is InChI=1S/C13H15N3O2/c1-16(11-5-3-2-4-10(11)8-14)13(17)12-9-15-6-7-18-12/h2-5,12,15H,6-7,9H2,1H3. The molecule has 0 radical (unpaired) electrons. The van der Waals surface area contributed by atoms with E-state index in [2.05, 4.69) is 11.4 Å². The lowest BCUT2D eigenvalue weighted by molar-refractivity contribution is -0.131. The number of benzene rings is 1. The second-order valence-electron chi connectivity index (χ2n) is 4.09. The van der Waals surface area contributed by atoms with Gasteiger partial charge in [-0.15, -0.1) is 0 Å². The fraction of sp³-hybridized carbons (Fsp3) is 0.385. The molecule has 0 aliphatic carbocycles. The van der Waals surface area contributed by atoms with Gasteiger partial charge in [0.05, 0.1) is 17.9 Å². The summed E-state index contributed by atoms with van der Waals surface area (Å²) in [6.45, 7) is 1.81. The van der Waals surface area contributed by atoms with E-state index in [4.69, 9.17) is 10.00 Å². The number of para-hydroxylation sites is 1. The molecule has 0 saturated carbocycles. The predicted molar refractivity (Wildman–Crippen MR) is 67.2 cm³/mol. The second kappa shape index (κ2) is 5.63. The molecule has 1 amide bonds. The minimum absolute atomic E-state index is 0.134. The molecule has 1 N–H and O–H groups in total. The molecule has 5 nitrogen and oxygen atoms in total. The van der Waals surface area contributed by atoms with E-state index >= 15 is 0 Å². The summed E-state index contributed by atoms with van der Waals surface area (Å²) in [5, 5.41) is 12.1. The molecule has 1 atom stereocenters. The minimum Gasteiger partial charge on any atom is -0.366 e. The van der Waals surface area contributed by atoms with Gasteiger partial charge in [0.1, 0.15) is 12.2 Å². The molecule has 18 heavy (non-hydrogen) atoms. The van der Waals surface area contributed by atoms with Crippen molar-refractivity contribution in [3.8, 4) is 6.07 Å². The van der Waals surface area contributed by atoms with Crippen LogP contribution in [-0.2, 0) is 9.53 Å². The molecule has 1 aromatic carbocycles. The van der Waals surface area contributed by atoms with Crippen LogP contribution in [0.2, 0.25) is 0 Å². The Kier molecular flexibility index (Phi) is 3.92. The summed E-state index contributed by atoms with van der Waals surface area (Å²) in [7, 11) is 1.66. The third-order valence-electron chi connectivity index (χ3n) is 2.92. The first kappa shape index (κ1) is 12.6. The Morgan fingerprint density at radius 2 is 2.33 bits per heavy atom. The highest BCUT2D eigenvalue weighted by molar-refractivity contribution is 5.97. The fourth-order valence-electron chi connectivity index (χ4n) is 1.92. The van der Waals surface area contributed by atoms with Crippen LogP contribution in [0.25, 0.3) is 0 Å². The van der Waals surface area contributed by atoms with Crippen LogP contribution in [0.5, 0.6) is 0 Å². The smallest absolute Gasteiger partial charge is 0.257 e. The summed E-state index contributed by atoms with van der Waals surface area (Å²) in [5.74, 6) is -0.134. The average Bonchev–Trinajstić information content (AvgIpc) is 2.46. The average molecular weight is 245 g/mol. The number of morpholine rings is 1. The molecular weight excluding hydrogens is 230 g/mol. The Balaban J connectivity index is 2.17. The molecule has 1 unspecified atom stereocenters. The van der Waals surface area contributed by atoms with Gasteiger partial charge in [-0.25, -0.2) is 0 Å². The molecule has 1 aromatic rings. The van der Waals surface area contributed by atoms with Crippen molar-refractivity contribution in [3.63, 3.8) is 0 Å². The summed E-state index contributed by atoms with van der Waals surface area (Å²) >= 11 is 0. The van der Waals surface area contributed by atoms with Gasteiger partial charge in [0.25, 0.3) is 5.91 Å². The van der Waals surface area contributed by atoms with Gasteiger partial charge in [0.15, 0.2) is 0 Å². The van der Waals surface area contributed by atoms with Gasteiger partial charge in [0.2, 0.25) is 0 Å². The molecule has 0 aromatic heterocycles. The zero-order chi connectivity index (χ0) is 13.0. The largest absolute Gasteiger partial charge is 0.366 e. The molecule has 2 rings (SSSR count). The Hall–Kier alpha value is -1.90. The highest BCUT2D eigenvalue weighted by atomic mass is 16.5. The number of carbonyl (C=O) groups is 1. The number of likely N-dealkylation sites (N-methyl/N-ethyl adjacent to an activating group) is 1. The van der Waals surface area contributed by atoms with Gasteiger partial charge in [-0.05, 0) is 12.1 Å². The van der Waals surface area contributed by atoms with Gasteiger partial charge in [-0.1, -0.05) is 12.1 Å². The summed E-state index contributed by atoms with van der Waals surface area (Å²) in [6.07, 6.45) is -0.476. The van der Waals surface area contributed by atoms with Crippen molar-refractivity contribution >= 4 is 11.6 Å². The molecule has 94 valence electrons. The van der Waals surface area contributed by atoms with Crippen molar-refractivity contribution in [1.82, 2.24) is 5.32 Å². The number of hydrogen-bond acceptors (Lipinski definition) is 4. The van der Waals surface area contributed by atoms with Gasteiger partial charge >= 0.3 is 0 Å². The van der Waals surface area contributed by atoms with Crippen molar-refractivity contribution in [3.05, 3.63) is 29.8 Å². The Bertz CT molecular complexity index is 475. The number of nitrogens with zero attached hydrogens (tertiary/aromatic N) is 2. The van der Waals surface area contributed by atoms with E-state index < -0.39 is 6.10 Å². The number of nitrogens with one attached hydrogen (secondary N) is 1. The number of hydrogen-bond donors (Lipinski definition) is 1. The van der Waals surface area contributed by atoms with Crippen LogP contribution in [-0.4, -0.2) is 38.8 Å². The molecule has 5 heteroatoms. The Morgan fingerprint density at radius 1 is 1.56 bits per heavy atom. The molecule has 0 bridgehead atoms. The van der Waals surface area contributed by atoms with Crippen molar-refractivity contribution in [2.24, 2.45) is 0 Å². The van der Waals surface area contributed by atoms with E-state index in [9.17, 15) is 4.79 Å². The van der Waals surface area contributed by atoms with E-state index in [1.807, 2.05) is 0 Å². The third kappa shape index (κ3) is 2.50. The summed E-state index contributed by atoms with van der Waals surface area (Å²) in [4.78, 5) is 13.7. The minimum atomic E-state index is -0.476. The maximum Gasteiger partial charge on any atom is 0.257 e. The summed E-state index contributed by atoms with van der Waals surface area (Å²) < 4.78 is 5.42. The van der Waals surface area contributed by atoms with Gasteiger partial charge in [-0.3, -0.25) is 4.79 Å². The van der Waals surface area contributed by atoms with Gasteiger partial charge in [-0.2, -0.15) is 5.26 Å². The normalized spacial score (nSPS) is 19.0. The van der Waals surface area contributed by atoms with Crippen LogP contribution in [0.3, 0.4) is 0 Å². The number of anilines is 1. The summed E-state index contributed by atoms with van der Waals surface area (Å²) in [6, 6.07) is 9.12. The lowest BCUT2D eigenvalue weighted by Gasteiger charge is -2.27. The molecular formula is C13H15N3O2. The quantitative estimate of drug-likeness (QED) is 0.824. The molecule has 1 fully saturated rings. The highest BCUT2D eigenvalue weighted by Crippen LogP contribution is 2.19. The lowest BCUT2D eigenvalue weighted by atomic mass is 10.1. The van der Waals surface area contributed by atoms with E-state index in [1.165, 1.54) is 4.90 Å². The molecule has 1 saturated heterocycles. The number of ether oxygens (including phenoxy) is 1. The van der Waals surface area contributed by atoms with Crippen LogP contribution in [0.1, 0.15) is 5.56 Å². The van der Waals surface area contributed by atoms with Crippen molar-refractivity contribution in [1.29, 1.82) is 5.26 Å². The molecule has 1 heterocycles. The van der Waals surface area contributed by atoms with Crippen molar-refractivity contribution in [2.45, 2.75) is 6.10 Å². The van der Waals surface area contributed by atoms with Crippen molar-refractivity contribution in [2.75, 3.05) is 31.6 Å². The Labute approximate surface area is 106 Å². The second-order valence-corrected chi connectivity index (χ2v) is 4.09. The van der Waals surface area contributed by atoms with E-state index in [1.54, 1.807) is 31.3 Å². The zero-order valence-electron chi connectivity index (χ0n) is 10.2. The zero-order valence-corrected chi connectivity index (χ0v) is 10.2. The first-order valence-electron chi connectivity index (χ1n) is 5.83. The third-order valence-corrected chi connectivity index (χ3v) is 2.92. The monoisotopic (exact) mass is 245 g/mol. The van der Waals surface area contributed by atoms with Crippen LogP contribution >= 0.6 is 0 Å². The number of carbonyl (C=O) groups excluding carboxylic acids is 1. The SMILES string of the molecule is CN(C(=O)C1CNCCO1)c1ccccc1C#N. The predicted octanol–water partition coefficient (Wildman–Crippen LogP) is 0.509. The Morgan fingerprint density at radius 3 is 3.00 bits per heavy atom. The number of nitriles is 1. The van der Waals surface area contributed by atoms with Gasteiger partial charge < -0.3 is 15.0 Å². The first-order chi connectivity index (χ1) is 8.74. The van der Waals surface area contributed by atoms with Crippen LogP contribution in [0.4, 0.5) is 5.69 Å². The maximum absolute atomic E-state index is 12.2. The lowest BCUT2D eigenvalue weighted by Crippen LogP contribution is -2.48. The first-order valence-corrected chi connectivity index (χ1v) is 5.83. The van der Waals surface area contributed by atoms with Gasteiger partial charge in [0, 0.05) is 20.1 Å².